The molecular formula is C73H77Cl3N15O27P3. The fraction of sp³-hybridized carbons (Fsp3) is 0.260. The molecule has 0 aliphatic heterocycles. The number of imidazole rings is 3. The standard InChI is InChI=1S/C25H27ClN5O10P.C24H25ClN5O9P.C24H25ClN5O8P/c1-35-19-7-6-18(11-20(19)36-2)41-25(33)38-14-40-42(34,39-12-16-4-3-5-17(26)10-16)15-37-9-8-31-13-28-21-22(31)29-24(27)30-23(21)32;1-34-18-5-7-19(8-6-18)39-24(32)36-14-38-40(33,37-12-16-3-2-4-17(25)11-16)15-35-10-9-30-13-27-20-21(30)28-23(26)29-22(20)31;1-16-5-7-19(8-6-16)38-24(32)35-14-37-39(33,36-12-17-3-2-4-18(25)11-17)15-34-10-9-30-13-27-20-21(30)28-23(26)29-22(20)31/h3-7,10-11,13H,8-9,12,14-15H2,1-2H3,(H3,27,29,30,32);2-8,11,13H,9-10,12,14-15H2,1H3,(H3,26,28,29,31);2-8,11,13H,9-10,12,14-15H2,1H3,(H3,26,28,29,31). The van der Waals surface area contributed by atoms with Gasteiger partial charge in [0.1, 0.15) is 42.0 Å². The van der Waals surface area contributed by atoms with E-state index in [2.05, 4.69) is 44.9 Å². The number of hydrogen-bond donors (Lipinski definition) is 6. The topological polar surface area (TPSA) is 537 Å². The fourth-order valence-corrected chi connectivity index (χ4v) is 14.2. The van der Waals surface area contributed by atoms with Crippen molar-refractivity contribution in [3.05, 3.63) is 227 Å². The molecule has 42 nitrogen and oxygen atoms in total. The zero-order valence-electron chi connectivity index (χ0n) is 64.4. The first-order valence-corrected chi connectivity index (χ1v) is 41.7. The number of carbonyl (C=O) groups is 3. The van der Waals surface area contributed by atoms with Crippen LogP contribution in [0.5, 0.6) is 34.5 Å². The van der Waals surface area contributed by atoms with Crippen molar-refractivity contribution in [2.75, 3.05) is 97.8 Å². The Morgan fingerprint density at radius 1 is 0.405 bits per heavy atom. The number of aryl methyl sites for hydroxylation is 1. The molecule has 3 unspecified atom stereocenters. The van der Waals surface area contributed by atoms with Crippen molar-refractivity contribution in [3.8, 4) is 34.5 Å². The van der Waals surface area contributed by atoms with Gasteiger partial charge in [0.15, 0.2) is 45.0 Å². The zero-order valence-corrected chi connectivity index (χ0v) is 69.3. The van der Waals surface area contributed by atoms with E-state index in [1.54, 1.807) is 129 Å². The van der Waals surface area contributed by atoms with Crippen molar-refractivity contribution in [3.63, 3.8) is 0 Å². The van der Waals surface area contributed by atoms with Crippen LogP contribution in [-0.4, -0.2) is 158 Å². The van der Waals surface area contributed by atoms with E-state index in [-0.39, 0.29) is 128 Å². The molecule has 0 aliphatic rings. The Morgan fingerprint density at radius 3 is 1.06 bits per heavy atom. The van der Waals surface area contributed by atoms with Gasteiger partial charge in [-0.2, -0.15) is 15.0 Å². The third kappa shape index (κ3) is 28.4. The molecule has 0 fully saturated rings. The Balaban J connectivity index is 0.000000191. The van der Waals surface area contributed by atoms with Crippen LogP contribution in [0.25, 0.3) is 33.5 Å². The predicted octanol–water partition coefficient (Wildman–Crippen LogP) is 12.1. The Hall–Kier alpha value is -11.8. The first-order chi connectivity index (χ1) is 58.1. The van der Waals surface area contributed by atoms with E-state index in [0.717, 1.165) is 5.56 Å². The van der Waals surface area contributed by atoms with Crippen LogP contribution in [0, 0.1) is 6.92 Å². The SMILES string of the molecule is COc1ccc(OC(=O)OCOP(=O)(COCCn2cnc3c(=O)[nH]c(N)nc32)OCc2cccc(Cl)c2)cc1.COc1ccc(OC(=O)OCOP(=O)(COCCn2cnc3c(=O)[nH]c(N)nc32)OCc2cccc(Cl)c2)cc1OC.Cc1ccc(OC(=O)OCOP(=O)(COCCn2cnc3c(=O)[nH]c(N)nc32)OCc2cccc(Cl)c2)cc1. The molecule has 9 N–H and O–H groups in total. The van der Waals surface area contributed by atoms with Gasteiger partial charge < -0.3 is 101 Å². The monoisotopic (exact) mass is 1790 g/mol. The number of aromatic amines is 3. The van der Waals surface area contributed by atoms with Crippen LogP contribution >= 0.6 is 57.6 Å². The number of hydrogen-bond acceptors (Lipinski definition) is 36. The Kier molecular flexibility index (Phi) is 33.6. The number of aromatic nitrogens is 12. The van der Waals surface area contributed by atoms with Crippen molar-refractivity contribution in [2.24, 2.45) is 0 Å². The first kappa shape index (κ1) is 91.5. The Bertz CT molecular complexity index is 5870. The summed E-state index contributed by atoms with van der Waals surface area (Å²) in [6, 6.07) is 37.7. The molecule has 48 heteroatoms. The quantitative estimate of drug-likeness (QED) is 0.00520. The number of nitrogens with one attached hydrogen (secondary N) is 3. The molecule has 12 aromatic rings. The fourth-order valence-electron chi connectivity index (χ4n) is 10.1. The van der Waals surface area contributed by atoms with Gasteiger partial charge in [-0.3, -0.25) is 56.6 Å². The van der Waals surface area contributed by atoms with Crippen molar-refractivity contribution in [2.45, 2.75) is 46.4 Å². The summed E-state index contributed by atoms with van der Waals surface area (Å²) in [5.41, 5.74) is 19.5. The van der Waals surface area contributed by atoms with E-state index >= 15 is 0 Å². The van der Waals surface area contributed by atoms with Crippen molar-refractivity contribution >= 4 is 127 Å². The molecule has 0 saturated carbocycles. The second kappa shape index (κ2) is 44.5. The molecule has 3 atom stereocenters. The number of nitrogen functional groups attached to an aromatic ring is 3. The van der Waals surface area contributed by atoms with Crippen LogP contribution in [0.15, 0.2) is 173 Å². The molecule has 6 heterocycles. The highest BCUT2D eigenvalue weighted by atomic mass is 35.5. The lowest BCUT2D eigenvalue weighted by atomic mass is 10.2. The number of anilines is 3. The van der Waals surface area contributed by atoms with Crippen LogP contribution in [0.4, 0.5) is 32.2 Å². The van der Waals surface area contributed by atoms with Crippen molar-refractivity contribution in [1.29, 1.82) is 0 Å². The van der Waals surface area contributed by atoms with Gasteiger partial charge in [0.25, 0.3) is 16.7 Å². The summed E-state index contributed by atoms with van der Waals surface area (Å²) < 4.78 is 139. The molecule has 0 aliphatic carbocycles. The number of H-pyrrole nitrogens is 3. The molecule has 0 saturated heterocycles. The number of fused-ring (bicyclic) bond motifs is 3. The molecule has 121 heavy (non-hydrogen) atoms. The van der Waals surface area contributed by atoms with Crippen LogP contribution in [0.1, 0.15) is 22.3 Å². The Morgan fingerprint density at radius 2 is 0.727 bits per heavy atom. The highest BCUT2D eigenvalue weighted by Crippen LogP contribution is 2.51. The number of nitrogens with two attached hydrogens (primary N) is 3. The van der Waals surface area contributed by atoms with Gasteiger partial charge in [-0.1, -0.05) is 88.9 Å². The molecule has 6 aromatic heterocycles. The molecule has 0 bridgehead atoms. The lowest BCUT2D eigenvalue weighted by Gasteiger charge is -2.19. The van der Waals surface area contributed by atoms with Crippen LogP contribution in [-0.2, 0) is 109 Å². The Labute approximate surface area is 700 Å². The number of nitrogens with zero attached hydrogens (tertiary/aromatic N) is 9. The summed E-state index contributed by atoms with van der Waals surface area (Å²) in [6.07, 6.45) is -0.475. The van der Waals surface area contributed by atoms with Crippen LogP contribution in [0.3, 0.4) is 0 Å². The van der Waals surface area contributed by atoms with Gasteiger partial charge in [-0.25, -0.2) is 29.3 Å². The average molecular weight is 1800 g/mol. The van der Waals surface area contributed by atoms with Gasteiger partial charge in [-0.05, 0) is 109 Å². The summed E-state index contributed by atoms with van der Waals surface area (Å²) in [7, 11) is -7.45. The third-order valence-electron chi connectivity index (χ3n) is 15.9. The minimum Gasteiger partial charge on any atom is -0.497 e. The van der Waals surface area contributed by atoms with E-state index in [9.17, 15) is 42.5 Å². The van der Waals surface area contributed by atoms with Gasteiger partial charge in [0.05, 0.1) is 80.0 Å². The highest BCUT2D eigenvalue weighted by molar-refractivity contribution is 7.54. The molecular weight excluding hydrogens is 1720 g/mol. The molecule has 0 spiro atoms. The van der Waals surface area contributed by atoms with Gasteiger partial charge in [-0.15, -0.1) is 0 Å². The molecule has 0 amide bonds. The highest BCUT2D eigenvalue weighted by Gasteiger charge is 2.31. The maximum absolute atomic E-state index is 13.5. The summed E-state index contributed by atoms with van der Waals surface area (Å²) in [6.45, 7) is -0.000314. The minimum absolute atomic E-state index is 0.00984. The third-order valence-corrected chi connectivity index (χ3v) is 21.2. The van der Waals surface area contributed by atoms with Crippen molar-refractivity contribution in [1.82, 2.24) is 58.6 Å². The van der Waals surface area contributed by atoms with Crippen LogP contribution in [0.2, 0.25) is 15.1 Å². The summed E-state index contributed by atoms with van der Waals surface area (Å²) in [5.74, 6) is 1.79. The second-order valence-electron chi connectivity index (χ2n) is 24.6. The minimum atomic E-state index is -3.98. The number of rotatable bonds is 39. The van der Waals surface area contributed by atoms with Gasteiger partial charge in [0.2, 0.25) is 38.2 Å². The maximum Gasteiger partial charge on any atom is 0.515 e. The molecule has 6 aromatic carbocycles. The summed E-state index contributed by atoms with van der Waals surface area (Å²) >= 11 is 18.0. The molecule has 0 radical (unpaired) electrons. The number of methoxy groups -OCH3 is 3. The van der Waals surface area contributed by atoms with Gasteiger partial charge in [0, 0.05) is 40.8 Å². The molecule has 12 rings (SSSR count). The number of ether oxygens (including phenoxy) is 12. The summed E-state index contributed by atoms with van der Waals surface area (Å²) in [4.78, 5) is 103. The van der Waals surface area contributed by atoms with Crippen molar-refractivity contribution < 1.29 is 112 Å². The lowest BCUT2D eigenvalue weighted by molar-refractivity contribution is 0.0141. The van der Waals surface area contributed by atoms with Gasteiger partial charge >= 0.3 is 41.3 Å². The lowest BCUT2D eigenvalue weighted by Crippen LogP contribution is -2.15. The van der Waals surface area contributed by atoms with Crippen LogP contribution < -0.4 is 62.3 Å². The number of carbonyl (C=O) groups excluding carboxylic acids is 3. The zero-order chi connectivity index (χ0) is 86.5. The number of benzene rings is 6. The number of halogens is 3. The molecule has 642 valence electrons. The second-order valence-corrected chi connectivity index (χ2v) is 31.9. The van der Waals surface area contributed by atoms with E-state index < -0.39 is 97.4 Å². The summed E-state index contributed by atoms with van der Waals surface area (Å²) in [5, 5.41) is 1.41. The largest absolute Gasteiger partial charge is 0.515 e. The van der Waals surface area contributed by atoms with E-state index in [1.807, 2.05) is 6.92 Å². The van der Waals surface area contributed by atoms with E-state index in [4.69, 9.17) is 136 Å². The maximum atomic E-state index is 13.5. The average Bonchev–Trinajstić information content (AvgIpc) is 1.68. The smallest absolute Gasteiger partial charge is 0.497 e. The first-order valence-electron chi connectivity index (χ1n) is 35.3. The normalized spacial score (nSPS) is 12.7. The van der Waals surface area contributed by atoms with E-state index in [0.29, 0.717) is 49.0 Å². The van der Waals surface area contributed by atoms with E-state index in [1.165, 1.54) is 64.6 Å². The predicted molar refractivity (Wildman–Crippen MR) is 435 cm³/mol.